The third-order valence-corrected chi connectivity index (χ3v) is 3.90. The average Bonchev–Trinajstić information content (AvgIpc) is 2.46. The summed E-state index contributed by atoms with van der Waals surface area (Å²) in [6.07, 6.45) is 7.13. The normalized spacial score (nSPS) is 21.8. The lowest BCUT2D eigenvalue weighted by atomic mass is 9.93. The number of ether oxygens (including phenoxy) is 1. The first-order chi connectivity index (χ1) is 10.8. The van der Waals surface area contributed by atoms with Crippen LogP contribution in [0.4, 0.5) is 4.79 Å². The van der Waals surface area contributed by atoms with E-state index in [0.29, 0.717) is 5.69 Å². The molecule has 6 nitrogen and oxygen atoms in total. The standard InChI is InChI=1S/C17H25N3O3/c1-12-6-5-7-13(20(12)16(22)23-17(2,3)4)10-15(21)14-11-18-8-9-19-14/h8-9,11-13H,5-7,10H2,1-4H3. The van der Waals surface area contributed by atoms with Crippen LogP contribution in [0, 0.1) is 0 Å². The molecule has 0 spiro atoms. The molecule has 23 heavy (non-hydrogen) atoms. The Morgan fingerprint density at radius 1 is 1.30 bits per heavy atom. The van der Waals surface area contributed by atoms with Gasteiger partial charge in [0.25, 0.3) is 0 Å². The van der Waals surface area contributed by atoms with Gasteiger partial charge in [0.1, 0.15) is 11.3 Å². The van der Waals surface area contributed by atoms with E-state index in [9.17, 15) is 9.59 Å². The van der Waals surface area contributed by atoms with Crippen LogP contribution in [0.25, 0.3) is 0 Å². The van der Waals surface area contributed by atoms with Gasteiger partial charge >= 0.3 is 6.09 Å². The van der Waals surface area contributed by atoms with E-state index in [4.69, 9.17) is 4.74 Å². The van der Waals surface area contributed by atoms with Crippen LogP contribution >= 0.6 is 0 Å². The van der Waals surface area contributed by atoms with Crippen molar-refractivity contribution in [1.29, 1.82) is 0 Å². The Morgan fingerprint density at radius 3 is 2.65 bits per heavy atom. The molecule has 1 aliphatic heterocycles. The van der Waals surface area contributed by atoms with Gasteiger partial charge in [0.15, 0.2) is 5.78 Å². The first kappa shape index (κ1) is 17.4. The molecule has 0 N–H and O–H groups in total. The van der Waals surface area contributed by atoms with E-state index in [0.717, 1.165) is 19.3 Å². The number of aromatic nitrogens is 2. The summed E-state index contributed by atoms with van der Waals surface area (Å²) in [4.78, 5) is 34.6. The maximum absolute atomic E-state index is 12.5. The van der Waals surface area contributed by atoms with E-state index < -0.39 is 5.60 Å². The monoisotopic (exact) mass is 319 g/mol. The molecule has 0 saturated carbocycles. The summed E-state index contributed by atoms with van der Waals surface area (Å²) >= 11 is 0. The minimum atomic E-state index is -0.548. The zero-order valence-corrected chi connectivity index (χ0v) is 14.3. The van der Waals surface area contributed by atoms with E-state index in [1.807, 2.05) is 27.7 Å². The highest BCUT2D eigenvalue weighted by atomic mass is 16.6. The van der Waals surface area contributed by atoms with Crippen LogP contribution in [0.1, 0.15) is 63.9 Å². The quantitative estimate of drug-likeness (QED) is 0.800. The molecule has 1 aliphatic rings. The molecule has 0 bridgehead atoms. The van der Waals surface area contributed by atoms with Gasteiger partial charge in [0.05, 0.1) is 6.20 Å². The van der Waals surface area contributed by atoms with Crippen molar-refractivity contribution in [2.45, 2.75) is 71.1 Å². The van der Waals surface area contributed by atoms with Crippen molar-refractivity contribution in [1.82, 2.24) is 14.9 Å². The average molecular weight is 319 g/mol. The summed E-state index contributed by atoms with van der Waals surface area (Å²) in [5.41, 5.74) is -0.205. The number of nitrogens with zero attached hydrogens (tertiary/aromatic N) is 3. The summed E-state index contributed by atoms with van der Waals surface area (Å²) in [6, 6.07) is -0.0821. The molecule has 0 radical (unpaired) electrons. The van der Waals surface area contributed by atoms with Gasteiger partial charge in [0, 0.05) is 30.9 Å². The van der Waals surface area contributed by atoms with Gasteiger partial charge in [-0.15, -0.1) is 0 Å². The highest BCUT2D eigenvalue weighted by Crippen LogP contribution is 2.27. The maximum atomic E-state index is 12.5. The molecule has 0 aliphatic carbocycles. The molecule has 126 valence electrons. The molecule has 1 aromatic rings. The lowest BCUT2D eigenvalue weighted by Crippen LogP contribution is -2.51. The van der Waals surface area contributed by atoms with Crippen molar-refractivity contribution in [3.05, 3.63) is 24.3 Å². The molecule has 2 unspecified atom stereocenters. The summed E-state index contributed by atoms with van der Waals surface area (Å²) in [7, 11) is 0. The van der Waals surface area contributed by atoms with Crippen LogP contribution < -0.4 is 0 Å². The number of carbonyl (C=O) groups excluding carboxylic acids is 2. The lowest BCUT2D eigenvalue weighted by Gasteiger charge is -2.40. The molecule has 2 heterocycles. The maximum Gasteiger partial charge on any atom is 0.410 e. The highest BCUT2D eigenvalue weighted by Gasteiger charge is 2.36. The molecule has 2 atom stereocenters. The number of Topliss-reactive ketones (excluding diaryl/α,β-unsaturated/α-hetero) is 1. The summed E-state index contributed by atoms with van der Waals surface area (Å²) in [5, 5.41) is 0. The van der Waals surface area contributed by atoms with Crippen LogP contribution in [-0.2, 0) is 4.74 Å². The number of likely N-dealkylation sites (tertiary alicyclic amines) is 1. The third kappa shape index (κ3) is 4.74. The zero-order chi connectivity index (χ0) is 17.0. The lowest BCUT2D eigenvalue weighted by molar-refractivity contribution is -0.00308. The second-order valence-corrected chi connectivity index (χ2v) is 7.04. The number of amides is 1. The fourth-order valence-electron chi connectivity index (χ4n) is 2.89. The summed E-state index contributed by atoms with van der Waals surface area (Å²) in [6.45, 7) is 7.54. The Balaban J connectivity index is 2.11. The number of rotatable bonds is 3. The van der Waals surface area contributed by atoms with E-state index >= 15 is 0 Å². The van der Waals surface area contributed by atoms with Crippen molar-refractivity contribution >= 4 is 11.9 Å². The van der Waals surface area contributed by atoms with E-state index in [1.165, 1.54) is 18.6 Å². The predicted molar refractivity (Wildman–Crippen MR) is 86.2 cm³/mol. The fourth-order valence-corrected chi connectivity index (χ4v) is 2.89. The van der Waals surface area contributed by atoms with E-state index in [2.05, 4.69) is 9.97 Å². The molecule has 1 saturated heterocycles. The second kappa shape index (κ2) is 7.06. The topological polar surface area (TPSA) is 72.4 Å². The SMILES string of the molecule is CC1CCCC(CC(=O)c2cnccn2)N1C(=O)OC(C)(C)C. The summed E-state index contributed by atoms with van der Waals surface area (Å²) in [5.74, 6) is -0.0919. The van der Waals surface area contributed by atoms with Gasteiger partial charge in [-0.05, 0) is 47.0 Å². The molecule has 1 amide bonds. The van der Waals surface area contributed by atoms with Crippen molar-refractivity contribution in [3.8, 4) is 0 Å². The van der Waals surface area contributed by atoms with Crippen molar-refractivity contribution in [3.63, 3.8) is 0 Å². The Hall–Kier alpha value is -1.98. The second-order valence-electron chi connectivity index (χ2n) is 7.04. The molecule has 0 aromatic carbocycles. The van der Waals surface area contributed by atoms with Gasteiger partial charge in [0.2, 0.25) is 0 Å². The number of piperidine rings is 1. The minimum Gasteiger partial charge on any atom is -0.444 e. The van der Waals surface area contributed by atoms with Crippen LogP contribution in [0.5, 0.6) is 0 Å². The Labute approximate surface area is 137 Å². The van der Waals surface area contributed by atoms with Crippen molar-refractivity contribution < 1.29 is 14.3 Å². The Bertz CT molecular complexity index is 554. The predicted octanol–water partition coefficient (Wildman–Crippen LogP) is 3.23. The Kier molecular flexibility index (Phi) is 5.34. The van der Waals surface area contributed by atoms with Crippen molar-refractivity contribution in [2.24, 2.45) is 0 Å². The van der Waals surface area contributed by atoms with Gasteiger partial charge in [-0.3, -0.25) is 9.78 Å². The number of ketones is 1. The molecule has 1 aromatic heterocycles. The van der Waals surface area contributed by atoms with Crippen LogP contribution in [-0.4, -0.2) is 44.4 Å². The molecule has 6 heteroatoms. The largest absolute Gasteiger partial charge is 0.444 e. The zero-order valence-electron chi connectivity index (χ0n) is 14.3. The van der Waals surface area contributed by atoms with Gasteiger partial charge < -0.3 is 9.64 Å². The fraction of sp³-hybridized carbons (Fsp3) is 0.647. The molecular formula is C17H25N3O3. The Morgan fingerprint density at radius 2 is 2.04 bits per heavy atom. The number of carbonyl (C=O) groups is 2. The summed E-state index contributed by atoms with van der Waals surface area (Å²) < 4.78 is 5.51. The van der Waals surface area contributed by atoms with Gasteiger partial charge in [-0.1, -0.05) is 0 Å². The number of hydrogen-bond acceptors (Lipinski definition) is 5. The van der Waals surface area contributed by atoms with Crippen LogP contribution in [0.2, 0.25) is 0 Å². The van der Waals surface area contributed by atoms with Gasteiger partial charge in [-0.25, -0.2) is 9.78 Å². The highest BCUT2D eigenvalue weighted by molar-refractivity contribution is 5.94. The first-order valence-corrected chi connectivity index (χ1v) is 8.08. The van der Waals surface area contributed by atoms with Crippen LogP contribution in [0.15, 0.2) is 18.6 Å². The first-order valence-electron chi connectivity index (χ1n) is 8.08. The van der Waals surface area contributed by atoms with Gasteiger partial charge in [-0.2, -0.15) is 0 Å². The number of hydrogen-bond donors (Lipinski definition) is 0. The van der Waals surface area contributed by atoms with Crippen LogP contribution in [0.3, 0.4) is 0 Å². The van der Waals surface area contributed by atoms with E-state index in [-0.39, 0.29) is 30.4 Å². The smallest absolute Gasteiger partial charge is 0.410 e. The molecular weight excluding hydrogens is 294 g/mol. The van der Waals surface area contributed by atoms with E-state index in [1.54, 1.807) is 4.90 Å². The third-order valence-electron chi connectivity index (χ3n) is 3.90. The molecule has 2 rings (SSSR count). The van der Waals surface area contributed by atoms with Crippen molar-refractivity contribution in [2.75, 3.05) is 0 Å². The molecule has 1 fully saturated rings. The minimum absolute atomic E-state index is 0.0678.